The molecule has 2 aromatic rings. The van der Waals surface area contributed by atoms with Gasteiger partial charge < -0.3 is 5.32 Å². The number of nitrogens with one attached hydrogen (secondary N) is 1. The van der Waals surface area contributed by atoms with Crippen molar-refractivity contribution in [2.45, 2.75) is 6.92 Å². The Bertz CT molecular complexity index is 643. The van der Waals surface area contributed by atoms with E-state index in [1.54, 1.807) is 6.92 Å². The van der Waals surface area contributed by atoms with E-state index in [0.717, 1.165) is 6.07 Å². The third kappa shape index (κ3) is 3.17. The molecule has 0 unspecified atom stereocenters. The summed E-state index contributed by atoms with van der Waals surface area (Å²) in [6.45, 7) is 1.68. The molecule has 0 spiro atoms. The minimum Gasteiger partial charge on any atom is -0.322 e. The minimum absolute atomic E-state index is 0.208. The number of hydrogen-bond acceptors (Lipinski definition) is 1. The third-order valence-electron chi connectivity index (χ3n) is 2.60. The molecule has 98 valence electrons. The highest BCUT2D eigenvalue weighted by molar-refractivity contribution is 9.10. The minimum atomic E-state index is -0.482. The first-order valence-electron chi connectivity index (χ1n) is 5.50. The summed E-state index contributed by atoms with van der Waals surface area (Å²) in [5.74, 6) is -1.33. The highest BCUT2D eigenvalue weighted by Gasteiger charge is 2.10. The van der Waals surface area contributed by atoms with Crippen LogP contribution in [0.4, 0.5) is 14.5 Å². The number of rotatable bonds is 2. The second kappa shape index (κ2) is 5.48. The third-order valence-corrected chi connectivity index (χ3v) is 3.21. The smallest absolute Gasteiger partial charge is 0.255 e. The maximum Gasteiger partial charge on any atom is 0.255 e. The largest absolute Gasteiger partial charge is 0.322 e. The van der Waals surface area contributed by atoms with Crippen LogP contribution >= 0.6 is 15.9 Å². The predicted molar refractivity (Wildman–Crippen MR) is 73.2 cm³/mol. The zero-order valence-corrected chi connectivity index (χ0v) is 11.6. The van der Waals surface area contributed by atoms with Crippen molar-refractivity contribution in [2.24, 2.45) is 0 Å². The maximum atomic E-state index is 13.3. The molecular formula is C14H10BrF2NO. The topological polar surface area (TPSA) is 29.1 Å². The summed E-state index contributed by atoms with van der Waals surface area (Å²) in [6, 6.07) is 8.15. The summed E-state index contributed by atoms with van der Waals surface area (Å²) in [4.78, 5) is 11.9. The summed E-state index contributed by atoms with van der Waals surface area (Å²) < 4.78 is 26.5. The summed E-state index contributed by atoms with van der Waals surface area (Å²) in [6.07, 6.45) is 0. The van der Waals surface area contributed by atoms with E-state index in [2.05, 4.69) is 21.2 Å². The van der Waals surface area contributed by atoms with Crippen molar-refractivity contribution in [3.63, 3.8) is 0 Å². The van der Waals surface area contributed by atoms with Crippen LogP contribution in [-0.2, 0) is 0 Å². The van der Waals surface area contributed by atoms with Gasteiger partial charge in [0.15, 0.2) is 0 Å². The molecule has 0 aliphatic heterocycles. The monoisotopic (exact) mass is 325 g/mol. The van der Waals surface area contributed by atoms with Gasteiger partial charge in [-0.15, -0.1) is 0 Å². The van der Waals surface area contributed by atoms with Gasteiger partial charge in [0.05, 0.1) is 4.47 Å². The highest BCUT2D eigenvalue weighted by Crippen LogP contribution is 2.24. The van der Waals surface area contributed by atoms with Crippen LogP contribution in [0.3, 0.4) is 0 Å². The number of anilines is 1. The van der Waals surface area contributed by atoms with Gasteiger partial charge in [0, 0.05) is 11.3 Å². The summed E-state index contributed by atoms with van der Waals surface area (Å²) in [5.41, 5.74) is 1.27. The lowest BCUT2D eigenvalue weighted by molar-refractivity contribution is 0.102. The van der Waals surface area contributed by atoms with Crippen LogP contribution in [0.25, 0.3) is 0 Å². The second-order valence-electron chi connectivity index (χ2n) is 4.05. The van der Waals surface area contributed by atoms with E-state index in [4.69, 9.17) is 0 Å². The normalized spacial score (nSPS) is 10.3. The van der Waals surface area contributed by atoms with Crippen LogP contribution in [-0.4, -0.2) is 5.91 Å². The number of aryl methyl sites for hydroxylation is 1. The molecule has 0 aromatic heterocycles. The lowest BCUT2D eigenvalue weighted by Crippen LogP contribution is -2.13. The summed E-state index contributed by atoms with van der Waals surface area (Å²) >= 11 is 3.05. The number of hydrogen-bond donors (Lipinski definition) is 1. The molecule has 0 aliphatic carbocycles. The fraction of sp³-hybridized carbons (Fsp3) is 0.0714. The van der Waals surface area contributed by atoms with Crippen molar-refractivity contribution in [3.05, 3.63) is 63.6 Å². The van der Waals surface area contributed by atoms with Crippen LogP contribution in [0.1, 0.15) is 15.9 Å². The molecule has 0 bridgehead atoms. The Labute approximate surface area is 117 Å². The zero-order chi connectivity index (χ0) is 14.0. The second-order valence-corrected chi connectivity index (χ2v) is 4.90. The zero-order valence-electron chi connectivity index (χ0n) is 10.0. The van der Waals surface area contributed by atoms with E-state index in [1.165, 1.54) is 30.3 Å². The van der Waals surface area contributed by atoms with Gasteiger partial charge in [0.1, 0.15) is 11.6 Å². The molecule has 0 aliphatic rings. The van der Waals surface area contributed by atoms with Gasteiger partial charge >= 0.3 is 0 Å². The van der Waals surface area contributed by atoms with Crippen LogP contribution < -0.4 is 5.32 Å². The molecule has 0 saturated heterocycles. The van der Waals surface area contributed by atoms with Gasteiger partial charge in [-0.25, -0.2) is 8.78 Å². The van der Waals surface area contributed by atoms with Crippen LogP contribution in [0.15, 0.2) is 40.9 Å². The average Bonchev–Trinajstić information content (AvgIpc) is 2.36. The predicted octanol–water partition coefficient (Wildman–Crippen LogP) is 4.29. The number of carbonyl (C=O) groups excluding carboxylic acids is 1. The van der Waals surface area contributed by atoms with Gasteiger partial charge in [0.25, 0.3) is 5.91 Å². The molecule has 0 radical (unpaired) electrons. The fourth-order valence-electron chi connectivity index (χ4n) is 1.61. The van der Waals surface area contributed by atoms with Crippen LogP contribution in [0.2, 0.25) is 0 Å². The molecule has 0 fully saturated rings. The number of carbonyl (C=O) groups is 1. The molecule has 1 amide bonds. The Kier molecular flexibility index (Phi) is 3.95. The van der Waals surface area contributed by atoms with Crippen molar-refractivity contribution >= 4 is 27.5 Å². The Morgan fingerprint density at radius 3 is 2.63 bits per heavy atom. The highest BCUT2D eigenvalue weighted by atomic mass is 79.9. The summed E-state index contributed by atoms with van der Waals surface area (Å²) in [5, 5.41) is 2.62. The van der Waals surface area contributed by atoms with E-state index in [-0.39, 0.29) is 10.0 Å². The van der Waals surface area contributed by atoms with Crippen LogP contribution in [0, 0.1) is 18.6 Å². The molecule has 0 heterocycles. The number of amides is 1. The molecular weight excluding hydrogens is 316 g/mol. The van der Waals surface area contributed by atoms with Crippen molar-refractivity contribution < 1.29 is 13.6 Å². The van der Waals surface area contributed by atoms with Crippen molar-refractivity contribution in [1.29, 1.82) is 0 Å². The first kappa shape index (κ1) is 13.7. The Balaban J connectivity index is 2.27. The first-order chi connectivity index (χ1) is 8.97. The quantitative estimate of drug-likeness (QED) is 0.876. The molecule has 2 aromatic carbocycles. The molecule has 1 N–H and O–H groups in total. The van der Waals surface area contributed by atoms with Crippen molar-refractivity contribution in [2.75, 3.05) is 5.32 Å². The van der Waals surface area contributed by atoms with Gasteiger partial charge in [-0.3, -0.25) is 4.79 Å². The van der Waals surface area contributed by atoms with Gasteiger partial charge in [0.2, 0.25) is 0 Å². The SMILES string of the molecule is Cc1cc(F)c(Br)cc1NC(=O)c1cccc(F)c1. The van der Waals surface area contributed by atoms with Gasteiger partial charge in [-0.1, -0.05) is 6.07 Å². The molecule has 2 rings (SSSR count). The van der Waals surface area contributed by atoms with Crippen molar-refractivity contribution in [3.8, 4) is 0 Å². The van der Waals surface area contributed by atoms with E-state index in [0.29, 0.717) is 11.3 Å². The molecule has 19 heavy (non-hydrogen) atoms. The fourth-order valence-corrected chi connectivity index (χ4v) is 1.95. The van der Waals surface area contributed by atoms with Gasteiger partial charge in [-0.2, -0.15) is 0 Å². The van der Waals surface area contributed by atoms with Crippen molar-refractivity contribution in [1.82, 2.24) is 0 Å². The Hall–Kier alpha value is -1.75. The molecule has 0 atom stereocenters. The van der Waals surface area contributed by atoms with E-state index in [9.17, 15) is 13.6 Å². The molecule has 0 saturated carbocycles. The average molecular weight is 326 g/mol. The summed E-state index contributed by atoms with van der Waals surface area (Å²) in [7, 11) is 0. The van der Waals surface area contributed by atoms with E-state index >= 15 is 0 Å². The molecule has 5 heteroatoms. The number of benzene rings is 2. The maximum absolute atomic E-state index is 13.3. The molecule has 2 nitrogen and oxygen atoms in total. The lowest BCUT2D eigenvalue weighted by Gasteiger charge is -2.09. The van der Waals surface area contributed by atoms with Crippen LogP contribution in [0.5, 0.6) is 0 Å². The van der Waals surface area contributed by atoms with E-state index in [1.807, 2.05) is 0 Å². The standard InChI is InChI=1S/C14H10BrF2NO/c1-8-5-12(17)11(15)7-13(8)18-14(19)9-3-2-4-10(16)6-9/h2-7H,1H3,(H,18,19). The Morgan fingerprint density at radius 1 is 1.21 bits per heavy atom. The Morgan fingerprint density at radius 2 is 1.95 bits per heavy atom. The number of halogens is 3. The lowest BCUT2D eigenvalue weighted by atomic mass is 10.1. The van der Waals surface area contributed by atoms with E-state index < -0.39 is 17.5 Å². The van der Waals surface area contributed by atoms with Gasteiger partial charge in [-0.05, 0) is 58.7 Å². The first-order valence-corrected chi connectivity index (χ1v) is 6.29.